The molecule has 0 aliphatic carbocycles. The largest absolute Gasteiger partial charge is 0.460 e. The maximum absolute atomic E-state index is 12.4. The molecule has 1 N–H and O–H groups in total. The summed E-state index contributed by atoms with van der Waals surface area (Å²) in [5, 5.41) is 2.83. The topological polar surface area (TPSA) is 67.9 Å². The zero-order chi connectivity index (χ0) is 16.3. The van der Waals surface area contributed by atoms with Crippen LogP contribution in [0.25, 0.3) is 0 Å². The molecule has 120 valence electrons. The second kappa shape index (κ2) is 7.26. The van der Waals surface area contributed by atoms with Crippen molar-refractivity contribution in [2.45, 2.75) is 13.0 Å². The number of methoxy groups -OCH3 is 1. The number of urea groups is 1. The number of esters is 1. The number of hydrogen-bond acceptors (Lipinski definition) is 5. The van der Waals surface area contributed by atoms with Crippen molar-refractivity contribution < 1.29 is 19.1 Å². The van der Waals surface area contributed by atoms with Crippen molar-refractivity contribution in [3.05, 3.63) is 32.1 Å². The van der Waals surface area contributed by atoms with Crippen molar-refractivity contribution in [3.63, 3.8) is 0 Å². The van der Waals surface area contributed by atoms with E-state index < -0.39 is 12.0 Å². The quantitative estimate of drug-likeness (QED) is 0.621. The van der Waals surface area contributed by atoms with Crippen molar-refractivity contribution in [2.24, 2.45) is 0 Å². The molecule has 0 spiro atoms. The first kappa shape index (κ1) is 17.0. The normalized spacial score (nSPS) is 18.5. The number of allylic oxidation sites excluding steroid dienone is 1. The molecule has 0 saturated carbocycles. The fourth-order valence-corrected chi connectivity index (χ4v) is 3.58. The fourth-order valence-electron chi connectivity index (χ4n) is 2.09. The van der Waals surface area contributed by atoms with E-state index in [1.807, 2.05) is 12.1 Å². The lowest BCUT2D eigenvalue weighted by Crippen LogP contribution is -2.46. The first-order valence-corrected chi connectivity index (χ1v) is 8.23. The number of halogens is 1. The number of amides is 2. The number of hydrogen-bond donors (Lipinski definition) is 1. The van der Waals surface area contributed by atoms with Crippen LogP contribution < -0.4 is 5.32 Å². The van der Waals surface area contributed by atoms with Gasteiger partial charge in [-0.3, -0.25) is 0 Å². The molecule has 8 heteroatoms. The first-order chi connectivity index (χ1) is 10.5. The van der Waals surface area contributed by atoms with Crippen LogP contribution in [0.1, 0.15) is 17.8 Å². The predicted octanol–water partition coefficient (Wildman–Crippen LogP) is 2.67. The number of thiophene rings is 1. The van der Waals surface area contributed by atoms with Crippen LogP contribution in [-0.2, 0) is 14.3 Å². The summed E-state index contributed by atoms with van der Waals surface area (Å²) >= 11 is 4.86. The molecule has 1 atom stereocenters. The minimum atomic E-state index is -0.505. The van der Waals surface area contributed by atoms with Crippen LogP contribution in [0.3, 0.4) is 0 Å². The van der Waals surface area contributed by atoms with Crippen LogP contribution in [0.5, 0.6) is 0 Å². The van der Waals surface area contributed by atoms with Gasteiger partial charge in [0.1, 0.15) is 6.61 Å². The average Bonchev–Trinajstić information content (AvgIpc) is 2.91. The van der Waals surface area contributed by atoms with Gasteiger partial charge in [0.05, 0.1) is 22.0 Å². The van der Waals surface area contributed by atoms with E-state index in [-0.39, 0.29) is 12.6 Å². The molecule has 0 bridgehead atoms. The summed E-state index contributed by atoms with van der Waals surface area (Å²) in [7, 11) is 3.16. The van der Waals surface area contributed by atoms with Gasteiger partial charge in [-0.1, -0.05) is 0 Å². The van der Waals surface area contributed by atoms with Gasteiger partial charge in [0.2, 0.25) is 0 Å². The Bertz CT molecular complexity index is 614. The second-order valence-corrected chi connectivity index (χ2v) is 7.21. The smallest absolute Gasteiger partial charge is 0.338 e. The lowest BCUT2D eigenvalue weighted by molar-refractivity contribution is -0.140. The van der Waals surface area contributed by atoms with Crippen LogP contribution in [0.4, 0.5) is 4.79 Å². The second-order valence-electron chi connectivity index (χ2n) is 4.71. The van der Waals surface area contributed by atoms with E-state index in [1.54, 1.807) is 21.1 Å². The minimum absolute atomic E-state index is 0.171. The Balaban J connectivity index is 2.33. The van der Waals surface area contributed by atoms with Crippen molar-refractivity contribution >= 4 is 39.3 Å². The third-order valence-corrected chi connectivity index (χ3v) is 5.06. The zero-order valence-corrected chi connectivity index (χ0v) is 14.9. The number of ether oxygens (including phenoxy) is 2. The molecule has 0 saturated heterocycles. The van der Waals surface area contributed by atoms with Gasteiger partial charge >= 0.3 is 12.0 Å². The summed E-state index contributed by atoms with van der Waals surface area (Å²) in [6.45, 7) is 2.24. The number of nitrogens with one attached hydrogen (secondary N) is 1. The van der Waals surface area contributed by atoms with E-state index >= 15 is 0 Å². The van der Waals surface area contributed by atoms with Gasteiger partial charge in [0.25, 0.3) is 0 Å². The molecule has 1 aromatic heterocycles. The summed E-state index contributed by atoms with van der Waals surface area (Å²) in [5.41, 5.74) is 1.02. The maximum atomic E-state index is 12.4. The van der Waals surface area contributed by atoms with Crippen LogP contribution >= 0.6 is 27.3 Å². The molecule has 2 amide bonds. The molecule has 0 unspecified atom stereocenters. The molecule has 0 aromatic carbocycles. The Hall–Kier alpha value is -1.38. The lowest BCUT2D eigenvalue weighted by Gasteiger charge is -2.32. The molecule has 1 aromatic rings. The number of nitrogens with zero attached hydrogens (tertiary/aromatic N) is 1. The van der Waals surface area contributed by atoms with Crippen molar-refractivity contribution in [2.75, 3.05) is 27.4 Å². The zero-order valence-electron chi connectivity index (χ0n) is 12.5. The Morgan fingerprint density at radius 3 is 2.77 bits per heavy atom. The van der Waals surface area contributed by atoms with E-state index in [2.05, 4.69) is 21.2 Å². The molecule has 2 heterocycles. The minimum Gasteiger partial charge on any atom is -0.460 e. The number of rotatable bonds is 5. The Morgan fingerprint density at radius 1 is 1.45 bits per heavy atom. The van der Waals surface area contributed by atoms with Crippen molar-refractivity contribution in [1.29, 1.82) is 0 Å². The van der Waals surface area contributed by atoms with E-state index in [9.17, 15) is 9.59 Å². The highest BCUT2D eigenvalue weighted by Crippen LogP contribution is 2.35. The van der Waals surface area contributed by atoms with Gasteiger partial charge < -0.3 is 19.7 Å². The van der Waals surface area contributed by atoms with E-state index in [4.69, 9.17) is 9.47 Å². The predicted molar refractivity (Wildman–Crippen MR) is 86.6 cm³/mol. The third-order valence-electron chi connectivity index (χ3n) is 3.37. The van der Waals surface area contributed by atoms with Crippen molar-refractivity contribution in [3.8, 4) is 0 Å². The summed E-state index contributed by atoms with van der Waals surface area (Å²) < 4.78 is 11.0. The van der Waals surface area contributed by atoms with Gasteiger partial charge in [-0.2, -0.15) is 0 Å². The van der Waals surface area contributed by atoms with Crippen LogP contribution in [-0.4, -0.2) is 44.3 Å². The molecule has 0 fully saturated rings. The van der Waals surface area contributed by atoms with Gasteiger partial charge in [-0.05, 0) is 35.0 Å². The summed E-state index contributed by atoms with van der Waals surface area (Å²) in [4.78, 5) is 26.7. The highest BCUT2D eigenvalue weighted by Gasteiger charge is 2.35. The monoisotopic (exact) mass is 388 g/mol. The Morgan fingerprint density at radius 2 is 2.18 bits per heavy atom. The molecule has 1 aliphatic heterocycles. The van der Waals surface area contributed by atoms with Gasteiger partial charge in [-0.15, -0.1) is 11.3 Å². The molecular formula is C14H17BrN2O4S. The summed E-state index contributed by atoms with van der Waals surface area (Å²) in [6, 6.07) is 3.00. The van der Waals surface area contributed by atoms with Gasteiger partial charge in [0, 0.05) is 24.7 Å². The fraction of sp³-hybridized carbons (Fsp3) is 0.429. The lowest BCUT2D eigenvalue weighted by atomic mass is 10.0. The average molecular weight is 389 g/mol. The maximum Gasteiger partial charge on any atom is 0.338 e. The molecule has 0 radical (unpaired) electrons. The highest BCUT2D eigenvalue weighted by atomic mass is 79.9. The van der Waals surface area contributed by atoms with E-state index in [1.165, 1.54) is 16.2 Å². The van der Waals surface area contributed by atoms with Crippen molar-refractivity contribution in [1.82, 2.24) is 10.2 Å². The summed E-state index contributed by atoms with van der Waals surface area (Å²) in [5.74, 6) is -0.448. The number of carbonyl (C=O) groups excluding carboxylic acids is 2. The van der Waals surface area contributed by atoms with Gasteiger partial charge in [-0.25, -0.2) is 9.59 Å². The number of carbonyl (C=O) groups is 2. The first-order valence-electron chi connectivity index (χ1n) is 6.62. The molecule has 6 nitrogen and oxygen atoms in total. The summed E-state index contributed by atoms with van der Waals surface area (Å²) in [6.07, 6.45) is 0. The van der Waals surface area contributed by atoms with Crippen LogP contribution in [0, 0.1) is 0 Å². The highest BCUT2D eigenvalue weighted by molar-refractivity contribution is 9.11. The molecule has 2 rings (SSSR count). The molecule has 1 aliphatic rings. The SMILES string of the molecule is COCCOC(=O)C1=C(C)N(C)C(=O)N[C@@H]1c1ccc(Br)s1. The molecule has 22 heavy (non-hydrogen) atoms. The third kappa shape index (κ3) is 3.50. The van der Waals surface area contributed by atoms with Crippen LogP contribution in [0.2, 0.25) is 0 Å². The molecular weight excluding hydrogens is 372 g/mol. The standard InChI is InChI=1S/C14H17BrN2O4S/c1-8-11(13(18)21-7-6-20-3)12(16-14(19)17(8)2)9-4-5-10(15)22-9/h4-5,12H,6-7H2,1-3H3,(H,16,19)/t12-/m1/s1. The van der Waals surface area contributed by atoms with Gasteiger partial charge in [0.15, 0.2) is 0 Å². The van der Waals surface area contributed by atoms with Crippen LogP contribution in [0.15, 0.2) is 27.2 Å². The Labute approximate surface area is 141 Å². The van der Waals surface area contributed by atoms with E-state index in [0.29, 0.717) is 17.9 Å². The Kier molecular flexibility index (Phi) is 5.60. The van der Waals surface area contributed by atoms with E-state index in [0.717, 1.165) is 8.66 Å².